The average Bonchev–Trinajstić information content (AvgIpc) is 2.47. The lowest BCUT2D eigenvalue weighted by Crippen LogP contribution is -2.44. The van der Waals surface area contributed by atoms with E-state index < -0.39 is 0 Å². The van der Waals surface area contributed by atoms with Crippen molar-refractivity contribution in [3.63, 3.8) is 0 Å². The van der Waals surface area contributed by atoms with Crippen molar-refractivity contribution in [1.29, 1.82) is 0 Å². The molecule has 0 heterocycles. The molecule has 3 nitrogen and oxygen atoms in total. The summed E-state index contributed by atoms with van der Waals surface area (Å²) in [4.78, 5) is 11.7. The molecule has 0 atom stereocenters. The highest BCUT2D eigenvalue weighted by molar-refractivity contribution is 7.80. The zero-order chi connectivity index (χ0) is 14.2. The van der Waals surface area contributed by atoms with Crippen LogP contribution in [0.2, 0.25) is 0 Å². The first-order valence-corrected chi connectivity index (χ1v) is 7.49. The summed E-state index contributed by atoms with van der Waals surface area (Å²) in [7, 11) is 0. The van der Waals surface area contributed by atoms with Gasteiger partial charge in [0.2, 0.25) is 5.91 Å². The van der Waals surface area contributed by atoms with Gasteiger partial charge in [0.15, 0.2) is 5.11 Å². The zero-order valence-corrected chi connectivity index (χ0v) is 12.3. The van der Waals surface area contributed by atoms with Crippen molar-refractivity contribution in [2.24, 2.45) is 0 Å². The monoisotopic (exact) mass is 288 g/mol. The number of carbonyl (C=O) groups excluding carboxylic acids is 1. The van der Waals surface area contributed by atoms with Gasteiger partial charge in [-0.15, -0.1) is 0 Å². The number of rotatable bonds is 3. The van der Waals surface area contributed by atoms with Crippen LogP contribution in [0.3, 0.4) is 0 Å². The van der Waals surface area contributed by atoms with Gasteiger partial charge in [0.1, 0.15) is 0 Å². The molecule has 1 aromatic carbocycles. The summed E-state index contributed by atoms with van der Waals surface area (Å²) in [5.74, 6) is -0.192. The van der Waals surface area contributed by atoms with E-state index in [4.69, 9.17) is 12.2 Å². The highest BCUT2D eigenvalue weighted by atomic mass is 32.1. The Balaban J connectivity index is 1.76. The second-order valence-electron chi connectivity index (χ2n) is 5.04. The first kappa shape index (κ1) is 14.7. The molecule has 1 aliphatic carbocycles. The molecular weight excluding hydrogens is 268 g/mol. The van der Waals surface area contributed by atoms with Gasteiger partial charge >= 0.3 is 0 Å². The van der Waals surface area contributed by atoms with Crippen molar-refractivity contribution in [3.05, 3.63) is 42.0 Å². The predicted octanol–water partition coefficient (Wildman–Crippen LogP) is 3.02. The van der Waals surface area contributed by atoms with Crippen molar-refractivity contribution >= 4 is 29.3 Å². The van der Waals surface area contributed by atoms with Crippen molar-refractivity contribution in [2.45, 2.75) is 38.1 Å². The van der Waals surface area contributed by atoms with Gasteiger partial charge in [-0.05, 0) is 36.7 Å². The lowest BCUT2D eigenvalue weighted by molar-refractivity contribution is -0.115. The molecule has 0 aliphatic heterocycles. The summed E-state index contributed by atoms with van der Waals surface area (Å²) < 4.78 is 0. The fourth-order valence-electron chi connectivity index (χ4n) is 2.36. The fourth-order valence-corrected chi connectivity index (χ4v) is 2.63. The second kappa shape index (κ2) is 7.80. The van der Waals surface area contributed by atoms with Crippen LogP contribution < -0.4 is 10.6 Å². The normalized spacial score (nSPS) is 16.0. The molecule has 0 aromatic heterocycles. The lowest BCUT2D eigenvalue weighted by Gasteiger charge is -2.23. The van der Waals surface area contributed by atoms with E-state index in [0.717, 1.165) is 18.4 Å². The maximum absolute atomic E-state index is 11.7. The molecule has 20 heavy (non-hydrogen) atoms. The van der Waals surface area contributed by atoms with E-state index in [1.807, 2.05) is 30.3 Å². The minimum atomic E-state index is -0.192. The third-order valence-electron chi connectivity index (χ3n) is 3.40. The van der Waals surface area contributed by atoms with Crippen LogP contribution >= 0.6 is 12.2 Å². The average molecular weight is 288 g/mol. The molecule has 1 saturated carbocycles. The van der Waals surface area contributed by atoms with Gasteiger partial charge < -0.3 is 5.32 Å². The van der Waals surface area contributed by atoms with E-state index in [0.29, 0.717) is 11.2 Å². The molecule has 1 aliphatic rings. The van der Waals surface area contributed by atoms with E-state index in [1.54, 1.807) is 6.08 Å². The van der Waals surface area contributed by atoms with Gasteiger partial charge in [-0.25, -0.2) is 0 Å². The number of amides is 1. The Morgan fingerprint density at radius 3 is 2.55 bits per heavy atom. The standard InChI is InChI=1S/C16H20N2OS/c19-15(12-11-13-7-3-1-4-8-13)18-16(20)17-14-9-5-2-6-10-14/h1,3-4,7-8,11-12,14H,2,5-6,9-10H2,(H2,17,18,19,20)/b12-11+. The quantitative estimate of drug-likeness (QED) is 0.663. The zero-order valence-electron chi connectivity index (χ0n) is 11.5. The molecular formula is C16H20N2OS. The Labute approximate surface area is 125 Å². The third-order valence-corrected chi connectivity index (χ3v) is 3.62. The molecule has 0 bridgehead atoms. The third kappa shape index (κ3) is 5.13. The molecule has 1 aromatic rings. The summed E-state index contributed by atoms with van der Waals surface area (Å²) in [6.07, 6.45) is 9.33. The maximum Gasteiger partial charge on any atom is 0.250 e. The van der Waals surface area contributed by atoms with Crippen LogP contribution in [0.4, 0.5) is 0 Å². The Bertz CT molecular complexity index is 479. The van der Waals surface area contributed by atoms with E-state index in [9.17, 15) is 4.79 Å². The number of thiocarbonyl (C=S) groups is 1. The van der Waals surface area contributed by atoms with Gasteiger partial charge in [0.05, 0.1) is 0 Å². The van der Waals surface area contributed by atoms with Crippen LogP contribution in [0.1, 0.15) is 37.7 Å². The smallest absolute Gasteiger partial charge is 0.250 e. The molecule has 0 radical (unpaired) electrons. The highest BCUT2D eigenvalue weighted by Gasteiger charge is 2.14. The van der Waals surface area contributed by atoms with Crippen LogP contribution in [-0.2, 0) is 4.79 Å². The van der Waals surface area contributed by atoms with Gasteiger partial charge in [0.25, 0.3) is 0 Å². The molecule has 1 amide bonds. The predicted molar refractivity (Wildman–Crippen MR) is 86.2 cm³/mol. The number of carbonyl (C=O) groups is 1. The van der Waals surface area contributed by atoms with Crippen LogP contribution in [0.5, 0.6) is 0 Å². The molecule has 2 N–H and O–H groups in total. The number of nitrogens with one attached hydrogen (secondary N) is 2. The van der Waals surface area contributed by atoms with Crippen molar-refractivity contribution in [1.82, 2.24) is 10.6 Å². The lowest BCUT2D eigenvalue weighted by atomic mass is 9.96. The van der Waals surface area contributed by atoms with Crippen molar-refractivity contribution in [3.8, 4) is 0 Å². The largest absolute Gasteiger partial charge is 0.360 e. The minimum absolute atomic E-state index is 0.192. The first-order chi connectivity index (χ1) is 9.74. The number of hydrogen-bond donors (Lipinski definition) is 2. The summed E-state index contributed by atoms with van der Waals surface area (Å²) in [5, 5.41) is 6.34. The molecule has 1 fully saturated rings. The fraction of sp³-hybridized carbons (Fsp3) is 0.375. The summed E-state index contributed by atoms with van der Waals surface area (Å²) in [6, 6.07) is 10.1. The molecule has 0 unspecified atom stereocenters. The van der Waals surface area contributed by atoms with Gasteiger partial charge in [-0.3, -0.25) is 10.1 Å². The molecule has 4 heteroatoms. The summed E-state index contributed by atoms with van der Waals surface area (Å²) in [5.41, 5.74) is 0.994. The topological polar surface area (TPSA) is 41.1 Å². The molecule has 106 valence electrons. The van der Waals surface area contributed by atoms with Crippen LogP contribution in [0.25, 0.3) is 6.08 Å². The van der Waals surface area contributed by atoms with E-state index in [-0.39, 0.29) is 5.91 Å². The number of hydrogen-bond acceptors (Lipinski definition) is 2. The van der Waals surface area contributed by atoms with E-state index >= 15 is 0 Å². The van der Waals surface area contributed by atoms with Gasteiger partial charge in [0, 0.05) is 12.1 Å². The van der Waals surface area contributed by atoms with Crippen molar-refractivity contribution < 1.29 is 4.79 Å². The summed E-state index contributed by atoms with van der Waals surface area (Å²) >= 11 is 5.17. The van der Waals surface area contributed by atoms with Crippen LogP contribution in [0.15, 0.2) is 36.4 Å². The maximum atomic E-state index is 11.7. The Morgan fingerprint density at radius 1 is 1.15 bits per heavy atom. The second-order valence-corrected chi connectivity index (χ2v) is 5.45. The highest BCUT2D eigenvalue weighted by Crippen LogP contribution is 2.17. The SMILES string of the molecule is O=C(/C=C/c1ccccc1)NC(=S)NC1CCCCC1. The van der Waals surface area contributed by atoms with Crippen LogP contribution in [0, 0.1) is 0 Å². The molecule has 0 saturated heterocycles. The summed E-state index contributed by atoms with van der Waals surface area (Å²) in [6.45, 7) is 0. The Hall–Kier alpha value is -1.68. The molecule has 2 rings (SSSR count). The first-order valence-electron chi connectivity index (χ1n) is 7.08. The molecule has 0 spiro atoms. The van der Waals surface area contributed by atoms with E-state index in [2.05, 4.69) is 10.6 Å². The Morgan fingerprint density at radius 2 is 1.85 bits per heavy atom. The Kier molecular flexibility index (Phi) is 5.74. The van der Waals surface area contributed by atoms with E-state index in [1.165, 1.54) is 25.3 Å². The number of benzene rings is 1. The van der Waals surface area contributed by atoms with Gasteiger partial charge in [-0.2, -0.15) is 0 Å². The van der Waals surface area contributed by atoms with Gasteiger partial charge in [-0.1, -0.05) is 49.6 Å². The van der Waals surface area contributed by atoms with Crippen molar-refractivity contribution in [2.75, 3.05) is 0 Å². The van der Waals surface area contributed by atoms with Crippen LogP contribution in [-0.4, -0.2) is 17.1 Å². The minimum Gasteiger partial charge on any atom is -0.360 e.